The smallest absolute Gasteiger partial charge is 0.387 e. The Morgan fingerprint density at radius 3 is 2.53 bits per heavy atom. The summed E-state index contributed by atoms with van der Waals surface area (Å²) in [4.78, 5) is 0. The van der Waals surface area contributed by atoms with Crippen LogP contribution in [0, 0.1) is 5.92 Å². The van der Waals surface area contributed by atoms with Crippen LogP contribution in [0.2, 0.25) is 0 Å². The third-order valence-corrected chi connectivity index (χ3v) is 2.02. The quantitative estimate of drug-likeness (QED) is 0.734. The lowest BCUT2D eigenvalue weighted by Gasteiger charge is -2.14. The maximum absolute atomic E-state index is 12.1. The van der Waals surface area contributed by atoms with Gasteiger partial charge in [-0.25, -0.2) is 0 Å². The minimum atomic E-state index is -2.81. The minimum Gasteiger partial charge on any atom is -0.434 e. The Labute approximate surface area is 88.4 Å². The van der Waals surface area contributed by atoms with Gasteiger partial charge in [-0.1, -0.05) is 38.6 Å². The van der Waals surface area contributed by atoms with Crippen molar-refractivity contribution >= 4 is 6.08 Å². The minimum absolute atomic E-state index is 0.165. The van der Waals surface area contributed by atoms with E-state index in [0.717, 1.165) is 11.5 Å². The summed E-state index contributed by atoms with van der Waals surface area (Å²) in [7, 11) is 0. The average molecular weight is 211 g/mol. The van der Waals surface area contributed by atoms with Gasteiger partial charge in [0.1, 0.15) is 5.75 Å². The second kappa shape index (κ2) is 4.91. The van der Waals surface area contributed by atoms with Gasteiger partial charge in [0.25, 0.3) is 0 Å². The molecule has 1 radical (unpaired) electrons. The number of benzene rings is 1. The van der Waals surface area contributed by atoms with Crippen molar-refractivity contribution in [2.24, 2.45) is 0 Å². The molecule has 81 valence electrons. The highest BCUT2D eigenvalue weighted by Gasteiger charge is 2.12. The van der Waals surface area contributed by atoms with Crippen LogP contribution in [-0.4, -0.2) is 6.61 Å². The second-order valence-electron chi connectivity index (χ2n) is 3.30. The number of hydrogen-bond donors (Lipinski definition) is 0. The van der Waals surface area contributed by atoms with Gasteiger partial charge in [0.2, 0.25) is 0 Å². The van der Waals surface area contributed by atoms with E-state index in [0.29, 0.717) is 5.56 Å². The van der Waals surface area contributed by atoms with Gasteiger partial charge >= 0.3 is 6.61 Å². The first-order valence-corrected chi connectivity index (χ1v) is 4.57. The maximum atomic E-state index is 12.1. The molecule has 0 fully saturated rings. The predicted octanol–water partition coefficient (Wildman–Crippen LogP) is 3.89. The van der Waals surface area contributed by atoms with Crippen molar-refractivity contribution in [3.05, 3.63) is 41.8 Å². The third kappa shape index (κ3) is 2.78. The van der Waals surface area contributed by atoms with Crippen LogP contribution >= 0.6 is 0 Å². The van der Waals surface area contributed by atoms with Crippen LogP contribution in [0.25, 0.3) is 6.08 Å². The van der Waals surface area contributed by atoms with E-state index < -0.39 is 6.61 Å². The Kier molecular flexibility index (Phi) is 3.83. The fraction of sp³-hybridized carbons (Fsp3) is 0.250. The molecule has 0 saturated heterocycles. The summed E-state index contributed by atoms with van der Waals surface area (Å²) < 4.78 is 28.6. The van der Waals surface area contributed by atoms with Crippen LogP contribution in [0.15, 0.2) is 24.8 Å². The van der Waals surface area contributed by atoms with E-state index >= 15 is 0 Å². The lowest BCUT2D eigenvalue weighted by molar-refractivity contribution is -0.0500. The van der Waals surface area contributed by atoms with Gasteiger partial charge in [-0.05, 0) is 17.5 Å². The molecule has 1 aromatic carbocycles. The van der Waals surface area contributed by atoms with Gasteiger partial charge in [0, 0.05) is 5.56 Å². The number of rotatable bonds is 4. The van der Waals surface area contributed by atoms with Gasteiger partial charge < -0.3 is 4.74 Å². The first-order chi connectivity index (χ1) is 7.06. The molecule has 0 aliphatic rings. The van der Waals surface area contributed by atoms with Gasteiger partial charge in [-0.15, -0.1) is 0 Å². The molecule has 0 bridgehead atoms. The topological polar surface area (TPSA) is 9.23 Å². The predicted molar refractivity (Wildman–Crippen MR) is 56.9 cm³/mol. The van der Waals surface area contributed by atoms with Crippen LogP contribution < -0.4 is 4.74 Å². The summed E-state index contributed by atoms with van der Waals surface area (Å²) in [6.45, 7) is 4.62. The lowest BCUT2D eigenvalue weighted by Crippen LogP contribution is -2.05. The van der Waals surface area contributed by atoms with Gasteiger partial charge in [-0.3, -0.25) is 0 Å². The number of halogens is 2. The van der Waals surface area contributed by atoms with E-state index in [9.17, 15) is 8.78 Å². The van der Waals surface area contributed by atoms with Crippen molar-refractivity contribution in [3.63, 3.8) is 0 Å². The Morgan fingerprint density at radius 1 is 1.40 bits per heavy atom. The highest BCUT2D eigenvalue weighted by molar-refractivity contribution is 5.62. The molecule has 0 N–H and O–H groups in total. The van der Waals surface area contributed by atoms with E-state index in [4.69, 9.17) is 0 Å². The molecule has 0 atom stereocenters. The van der Waals surface area contributed by atoms with E-state index in [1.807, 2.05) is 19.9 Å². The lowest BCUT2D eigenvalue weighted by atomic mass is 9.96. The molecule has 0 amide bonds. The molecular weight excluding hydrogens is 198 g/mol. The van der Waals surface area contributed by atoms with Crippen molar-refractivity contribution in [3.8, 4) is 5.75 Å². The Morgan fingerprint density at radius 2 is 2.07 bits per heavy atom. The van der Waals surface area contributed by atoms with Crippen molar-refractivity contribution < 1.29 is 13.5 Å². The van der Waals surface area contributed by atoms with Crippen LogP contribution in [-0.2, 0) is 0 Å². The van der Waals surface area contributed by atoms with E-state index in [-0.39, 0.29) is 5.75 Å². The fourth-order valence-corrected chi connectivity index (χ4v) is 1.39. The monoisotopic (exact) mass is 211 g/mol. The highest BCUT2D eigenvalue weighted by atomic mass is 19.3. The fourth-order valence-electron chi connectivity index (χ4n) is 1.39. The Hall–Kier alpha value is -1.38. The van der Waals surface area contributed by atoms with E-state index in [1.54, 1.807) is 6.07 Å². The average Bonchev–Trinajstić information content (AvgIpc) is 2.16. The molecule has 3 heteroatoms. The highest BCUT2D eigenvalue weighted by Crippen LogP contribution is 2.29. The van der Waals surface area contributed by atoms with Crippen LogP contribution in [0.3, 0.4) is 0 Å². The summed E-state index contributed by atoms with van der Waals surface area (Å²) in [5, 5.41) is 0. The largest absolute Gasteiger partial charge is 0.434 e. The Bertz CT molecular complexity index is 345. The SMILES string of the molecule is C=Cc1c(OC(F)F)cccc1[C](C)C. The standard InChI is InChI=1S/C12H13F2O/c1-4-9-10(8(2)3)6-5-7-11(9)15-12(13)14/h4-7,12H,1H2,2-3H3. The molecule has 0 spiro atoms. The summed E-state index contributed by atoms with van der Waals surface area (Å²) in [5.41, 5.74) is 1.49. The van der Waals surface area contributed by atoms with Crippen molar-refractivity contribution in [1.82, 2.24) is 0 Å². The van der Waals surface area contributed by atoms with Crippen molar-refractivity contribution in [2.75, 3.05) is 0 Å². The van der Waals surface area contributed by atoms with Gasteiger partial charge in [0.05, 0.1) is 0 Å². The molecule has 0 unspecified atom stereocenters. The summed E-state index contributed by atoms with van der Waals surface area (Å²) in [6, 6.07) is 5.05. The van der Waals surface area contributed by atoms with E-state index in [1.165, 1.54) is 12.1 Å². The molecule has 15 heavy (non-hydrogen) atoms. The molecule has 0 aromatic heterocycles. The zero-order chi connectivity index (χ0) is 11.4. The first-order valence-electron chi connectivity index (χ1n) is 4.57. The summed E-state index contributed by atoms with van der Waals surface area (Å²) >= 11 is 0. The zero-order valence-corrected chi connectivity index (χ0v) is 8.76. The van der Waals surface area contributed by atoms with Crippen molar-refractivity contribution in [2.45, 2.75) is 20.5 Å². The van der Waals surface area contributed by atoms with E-state index in [2.05, 4.69) is 11.3 Å². The maximum Gasteiger partial charge on any atom is 0.387 e. The molecule has 0 heterocycles. The number of hydrogen-bond acceptors (Lipinski definition) is 1. The number of alkyl halides is 2. The zero-order valence-electron chi connectivity index (χ0n) is 8.76. The number of ether oxygens (including phenoxy) is 1. The molecule has 1 aromatic rings. The molecule has 0 aliphatic heterocycles. The molecular formula is C12H13F2O. The summed E-state index contributed by atoms with van der Waals surface area (Å²) in [6.07, 6.45) is 1.53. The molecule has 0 saturated carbocycles. The summed E-state index contributed by atoms with van der Waals surface area (Å²) in [5.74, 6) is 1.20. The van der Waals surface area contributed by atoms with Crippen molar-refractivity contribution in [1.29, 1.82) is 0 Å². The first kappa shape index (κ1) is 11.7. The normalized spacial score (nSPS) is 10.8. The Balaban J connectivity index is 3.16. The van der Waals surface area contributed by atoms with Crippen LogP contribution in [0.5, 0.6) is 5.75 Å². The third-order valence-electron chi connectivity index (χ3n) is 2.02. The molecule has 1 nitrogen and oxygen atoms in total. The van der Waals surface area contributed by atoms with Gasteiger partial charge in [-0.2, -0.15) is 8.78 Å². The molecule has 0 aliphatic carbocycles. The molecule has 1 rings (SSSR count). The second-order valence-corrected chi connectivity index (χ2v) is 3.30. The van der Waals surface area contributed by atoms with Crippen LogP contribution in [0.1, 0.15) is 25.0 Å². The van der Waals surface area contributed by atoms with Gasteiger partial charge in [0.15, 0.2) is 0 Å². The van der Waals surface area contributed by atoms with Crippen LogP contribution in [0.4, 0.5) is 8.78 Å².